The molecule has 6 nitrogen and oxygen atoms in total. The van der Waals surface area contributed by atoms with Crippen LogP contribution in [0.3, 0.4) is 0 Å². The van der Waals surface area contributed by atoms with Crippen LogP contribution in [0.15, 0.2) is 27.8 Å². The van der Waals surface area contributed by atoms with E-state index in [-0.39, 0.29) is 17.6 Å². The maximum Gasteiger partial charge on any atom is 0.191 e. The fraction of sp³-hybridized carbons (Fsp3) is 0.773. The van der Waals surface area contributed by atoms with E-state index in [1.165, 1.54) is 19.3 Å². The van der Waals surface area contributed by atoms with Crippen molar-refractivity contribution in [1.82, 2.24) is 15.5 Å². The van der Waals surface area contributed by atoms with Crippen molar-refractivity contribution < 1.29 is 9.15 Å². The lowest BCUT2D eigenvalue weighted by Crippen LogP contribution is -2.48. The highest BCUT2D eigenvalue weighted by atomic mass is 16.5. The van der Waals surface area contributed by atoms with Crippen LogP contribution in [0.4, 0.5) is 0 Å². The summed E-state index contributed by atoms with van der Waals surface area (Å²) in [6, 6.07) is 4.30. The number of nitrogens with zero attached hydrogens (tertiary/aromatic N) is 2. The van der Waals surface area contributed by atoms with Crippen molar-refractivity contribution in [2.45, 2.75) is 58.6 Å². The number of likely N-dealkylation sites (tertiary alicyclic amines) is 1. The normalized spacial score (nSPS) is 25.6. The average molecular weight is 391 g/mol. The van der Waals surface area contributed by atoms with Gasteiger partial charge < -0.3 is 19.8 Å². The summed E-state index contributed by atoms with van der Waals surface area (Å²) in [5, 5.41) is 7.07. The van der Waals surface area contributed by atoms with Gasteiger partial charge in [-0.05, 0) is 56.3 Å². The summed E-state index contributed by atoms with van der Waals surface area (Å²) < 4.78 is 11.8. The van der Waals surface area contributed by atoms with Gasteiger partial charge in [0, 0.05) is 32.7 Å². The highest BCUT2D eigenvalue weighted by Crippen LogP contribution is 2.33. The number of furan rings is 1. The van der Waals surface area contributed by atoms with Crippen LogP contribution in [-0.2, 0) is 4.74 Å². The first-order valence-corrected chi connectivity index (χ1v) is 10.8. The molecule has 3 atom stereocenters. The second-order valence-electron chi connectivity index (χ2n) is 9.17. The first kappa shape index (κ1) is 21.2. The van der Waals surface area contributed by atoms with Crippen LogP contribution in [-0.4, -0.2) is 56.8 Å². The van der Waals surface area contributed by atoms with Gasteiger partial charge in [0.2, 0.25) is 0 Å². The first-order chi connectivity index (χ1) is 13.5. The van der Waals surface area contributed by atoms with Crippen LogP contribution in [0, 0.1) is 11.3 Å². The zero-order chi connectivity index (χ0) is 20.0. The van der Waals surface area contributed by atoms with Crippen LogP contribution in [0.2, 0.25) is 0 Å². The third-order valence-corrected chi connectivity index (χ3v) is 5.97. The van der Waals surface area contributed by atoms with Crippen molar-refractivity contribution in [3.8, 4) is 0 Å². The molecule has 0 aromatic carbocycles. The fourth-order valence-corrected chi connectivity index (χ4v) is 4.59. The zero-order valence-corrected chi connectivity index (χ0v) is 18.0. The predicted octanol–water partition coefficient (Wildman–Crippen LogP) is 3.42. The molecule has 0 amide bonds. The van der Waals surface area contributed by atoms with E-state index >= 15 is 0 Å². The number of hydrogen-bond acceptors (Lipinski definition) is 4. The minimum Gasteiger partial charge on any atom is -0.468 e. The van der Waals surface area contributed by atoms with Gasteiger partial charge in [0.1, 0.15) is 5.76 Å². The Kier molecular flexibility index (Phi) is 7.41. The van der Waals surface area contributed by atoms with Crippen LogP contribution in [0.5, 0.6) is 0 Å². The van der Waals surface area contributed by atoms with E-state index in [0.717, 1.165) is 50.9 Å². The van der Waals surface area contributed by atoms with E-state index < -0.39 is 0 Å². The Morgan fingerprint density at radius 2 is 2.04 bits per heavy atom. The molecule has 28 heavy (non-hydrogen) atoms. The van der Waals surface area contributed by atoms with E-state index in [9.17, 15) is 0 Å². The maximum absolute atomic E-state index is 6.12. The first-order valence-electron chi connectivity index (χ1n) is 10.8. The van der Waals surface area contributed by atoms with Gasteiger partial charge in [-0.2, -0.15) is 0 Å². The van der Waals surface area contributed by atoms with Gasteiger partial charge in [-0.25, -0.2) is 0 Å². The van der Waals surface area contributed by atoms with Gasteiger partial charge in [-0.3, -0.25) is 9.89 Å². The van der Waals surface area contributed by atoms with Crippen LogP contribution < -0.4 is 10.6 Å². The second-order valence-corrected chi connectivity index (χ2v) is 9.17. The van der Waals surface area contributed by atoms with Crippen molar-refractivity contribution in [2.75, 3.05) is 39.8 Å². The van der Waals surface area contributed by atoms with Crippen LogP contribution in [0.1, 0.15) is 58.3 Å². The minimum absolute atomic E-state index is 0.157. The molecule has 6 heteroatoms. The van der Waals surface area contributed by atoms with E-state index in [2.05, 4.69) is 47.4 Å². The largest absolute Gasteiger partial charge is 0.468 e. The Balaban J connectivity index is 1.54. The van der Waals surface area contributed by atoms with E-state index in [0.29, 0.717) is 5.92 Å². The monoisotopic (exact) mass is 390 g/mol. The van der Waals surface area contributed by atoms with Gasteiger partial charge in [0.05, 0.1) is 18.4 Å². The highest BCUT2D eigenvalue weighted by Gasteiger charge is 2.35. The molecule has 1 aromatic heterocycles. The molecule has 0 spiro atoms. The predicted molar refractivity (Wildman–Crippen MR) is 114 cm³/mol. The topological polar surface area (TPSA) is 62.0 Å². The Morgan fingerprint density at radius 3 is 2.68 bits per heavy atom. The molecule has 2 aliphatic rings. The molecule has 2 fully saturated rings. The lowest BCUT2D eigenvalue weighted by Gasteiger charge is -2.40. The Labute approximate surface area is 170 Å². The van der Waals surface area contributed by atoms with Crippen LogP contribution >= 0.6 is 0 Å². The summed E-state index contributed by atoms with van der Waals surface area (Å²) in [6.07, 6.45) is 6.92. The third-order valence-electron chi connectivity index (χ3n) is 5.97. The summed E-state index contributed by atoms with van der Waals surface area (Å²) in [5.41, 5.74) is 0.157. The average Bonchev–Trinajstić information content (AvgIpc) is 3.38. The van der Waals surface area contributed by atoms with Gasteiger partial charge >= 0.3 is 0 Å². The van der Waals surface area contributed by atoms with Crippen LogP contribution in [0.25, 0.3) is 0 Å². The molecule has 2 N–H and O–H groups in total. The van der Waals surface area contributed by atoms with E-state index in [1.54, 1.807) is 6.26 Å². The molecule has 3 heterocycles. The van der Waals surface area contributed by atoms with Crippen molar-refractivity contribution in [2.24, 2.45) is 16.3 Å². The molecule has 1 aromatic rings. The quantitative estimate of drug-likeness (QED) is 0.576. The van der Waals surface area contributed by atoms with Gasteiger partial charge in [0.25, 0.3) is 0 Å². The smallest absolute Gasteiger partial charge is 0.191 e. The lowest BCUT2D eigenvalue weighted by atomic mass is 9.78. The number of guanidine groups is 1. The Bertz CT molecular complexity index is 603. The summed E-state index contributed by atoms with van der Waals surface area (Å²) in [5.74, 6) is 2.39. The van der Waals surface area contributed by atoms with Crippen molar-refractivity contribution in [3.05, 3.63) is 24.2 Å². The number of nitrogens with one attached hydrogen (secondary N) is 2. The van der Waals surface area contributed by atoms with Crippen molar-refractivity contribution >= 4 is 5.96 Å². The summed E-state index contributed by atoms with van der Waals surface area (Å²) in [6.45, 7) is 11.6. The van der Waals surface area contributed by atoms with Crippen molar-refractivity contribution in [3.63, 3.8) is 0 Å². The number of aliphatic imine (C=N–C) groups is 1. The van der Waals surface area contributed by atoms with Gasteiger partial charge in [-0.1, -0.05) is 20.8 Å². The molecule has 3 unspecified atom stereocenters. The summed E-state index contributed by atoms with van der Waals surface area (Å²) >= 11 is 0. The maximum atomic E-state index is 6.12. The van der Waals surface area contributed by atoms with Crippen molar-refractivity contribution in [1.29, 1.82) is 0 Å². The molecule has 0 radical (unpaired) electrons. The fourth-order valence-electron chi connectivity index (χ4n) is 4.59. The Hall–Kier alpha value is -1.53. The van der Waals surface area contributed by atoms with Gasteiger partial charge in [0.15, 0.2) is 5.96 Å². The molecule has 0 bridgehead atoms. The molecule has 2 saturated heterocycles. The van der Waals surface area contributed by atoms with E-state index in [4.69, 9.17) is 9.15 Å². The molecule has 2 aliphatic heterocycles. The molecular weight excluding hydrogens is 352 g/mol. The molecule has 0 saturated carbocycles. The standard InChI is InChI=1S/C22H38N4O2/c1-22(2,3)20-17(9-7-14-28-20)15-24-21(23-4)25-16-18(19-10-8-13-27-19)26-11-5-6-12-26/h8,10,13,17-18,20H,5-7,9,11-12,14-16H2,1-4H3,(H2,23,24,25). The van der Waals surface area contributed by atoms with Gasteiger partial charge in [-0.15, -0.1) is 0 Å². The SMILES string of the molecule is CN=C(NCC1CCCOC1C(C)(C)C)NCC(c1ccco1)N1CCCC1. The highest BCUT2D eigenvalue weighted by molar-refractivity contribution is 5.79. The lowest BCUT2D eigenvalue weighted by molar-refractivity contribution is -0.0835. The molecule has 0 aliphatic carbocycles. The Morgan fingerprint density at radius 1 is 1.25 bits per heavy atom. The number of rotatable bonds is 6. The molecular formula is C22H38N4O2. The number of hydrogen-bond donors (Lipinski definition) is 2. The van der Waals surface area contributed by atoms with E-state index in [1.807, 2.05) is 13.1 Å². The summed E-state index contributed by atoms with van der Waals surface area (Å²) in [4.78, 5) is 6.95. The summed E-state index contributed by atoms with van der Waals surface area (Å²) in [7, 11) is 1.84. The zero-order valence-electron chi connectivity index (χ0n) is 18.0. The molecule has 158 valence electrons. The second kappa shape index (κ2) is 9.79. The number of ether oxygens (including phenoxy) is 1. The minimum atomic E-state index is 0.157. The molecule has 3 rings (SSSR count). The third kappa shape index (κ3) is 5.51.